The van der Waals surface area contributed by atoms with E-state index in [2.05, 4.69) is 0 Å². The quantitative estimate of drug-likeness (QED) is 0.445. The molecule has 0 rings (SSSR count). The monoisotopic (exact) mass is 368 g/mol. The summed E-state index contributed by atoms with van der Waals surface area (Å²) >= 11 is 0. The zero-order chi connectivity index (χ0) is 13.3. The summed E-state index contributed by atoms with van der Waals surface area (Å²) in [6.07, 6.45) is 0. The predicted molar refractivity (Wildman–Crippen MR) is 90.4 cm³/mol. The second kappa shape index (κ2) is 11.2. The average molecular weight is 369 g/mol. The first-order chi connectivity index (χ1) is 7.95. The Morgan fingerprint density at radius 2 is 1.06 bits per heavy atom. The van der Waals surface area contributed by atoms with Gasteiger partial charge in [0.15, 0.2) is 0 Å². The number of nitrogens with two attached hydrogens (primary N) is 2. The summed E-state index contributed by atoms with van der Waals surface area (Å²) in [5.74, 6) is -0.609. The van der Waals surface area contributed by atoms with Crippen molar-refractivity contribution in [2.75, 3.05) is 0 Å². The van der Waals surface area contributed by atoms with Crippen molar-refractivity contribution in [1.29, 1.82) is 0 Å². The highest BCUT2D eigenvalue weighted by Crippen LogP contribution is 2.56. The molecule has 0 aromatic rings. The van der Waals surface area contributed by atoms with E-state index in [1.54, 1.807) is 43.3 Å². The number of rotatable bonds is 10. The van der Waals surface area contributed by atoms with Crippen molar-refractivity contribution in [3.8, 4) is 0 Å². The molecule has 4 N–H and O–H groups in total. The van der Waals surface area contributed by atoms with Gasteiger partial charge in [0, 0.05) is 0 Å². The van der Waals surface area contributed by atoms with Gasteiger partial charge in [0.2, 0.25) is 11.8 Å². The van der Waals surface area contributed by atoms with Gasteiger partial charge in [-0.25, -0.2) is 0 Å². The minimum atomic E-state index is -0.305. The molecule has 0 saturated heterocycles. The minimum absolute atomic E-state index is 0.185. The molecule has 0 spiro atoms. The minimum Gasteiger partial charge on any atom is -0.369 e. The Labute approximate surface area is 127 Å². The summed E-state index contributed by atoms with van der Waals surface area (Å²) in [7, 11) is 10.6. The summed E-state index contributed by atoms with van der Waals surface area (Å²) in [5.41, 5.74) is 10.2. The molecule has 2 unspecified atom stereocenters. The fraction of sp³-hybridized carbons (Fsp3) is 0.667. The molecule has 0 aromatic heterocycles. The molecule has 0 bridgehead atoms. The first kappa shape index (κ1) is 18.4. The van der Waals surface area contributed by atoms with Gasteiger partial charge in [-0.3, -0.25) is 9.59 Å². The third-order valence-electron chi connectivity index (χ3n) is 1.28. The summed E-state index contributed by atoms with van der Waals surface area (Å²) in [5, 5.41) is -0.370. The van der Waals surface area contributed by atoms with Crippen LogP contribution in [0.2, 0.25) is 0 Å². The first-order valence-electron chi connectivity index (χ1n) is 4.19. The lowest BCUT2D eigenvalue weighted by Gasteiger charge is -2.05. The van der Waals surface area contributed by atoms with Gasteiger partial charge in [0.05, 0.1) is 10.5 Å². The first-order valence-corrected chi connectivity index (χ1v) is 13.1. The van der Waals surface area contributed by atoms with Gasteiger partial charge in [0.1, 0.15) is 0 Å². The number of carbonyl (C=O) groups excluding carboxylic acids is 2. The largest absolute Gasteiger partial charge is 0.369 e. The van der Waals surface area contributed by atoms with Crippen molar-refractivity contribution < 1.29 is 9.59 Å². The smallest absolute Gasteiger partial charge is 0.231 e. The third-order valence-corrected chi connectivity index (χ3v) is 15.0. The maximum atomic E-state index is 10.7. The van der Waals surface area contributed by atoms with Crippen molar-refractivity contribution in [3.05, 3.63) is 0 Å². The second-order valence-electron chi connectivity index (χ2n) is 2.62. The zero-order valence-corrected chi connectivity index (χ0v) is 14.7. The molecule has 0 aromatic carbocycles. The maximum absolute atomic E-state index is 10.7. The summed E-state index contributed by atoms with van der Waals surface area (Å²) in [4.78, 5) is 21.4. The second-order valence-corrected chi connectivity index (χ2v) is 14.4. The van der Waals surface area contributed by atoms with Crippen molar-refractivity contribution >= 4 is 82.5 Å². The Kier molecular flexibility index (Phi) is 12.2. The van der Waals surface area contributed by atoms with Crippen LogP contribution in [0.1, 0.15) is 13.8 Å². The molecular weight excluding hydrogens is 357 g/mol. The fourth-order valence-electron chi connectivity index (χ4n) is 0.279. The van der Waals surface area contributed by atoms with Gasteiger partial charge >= 0.3 is 0 Å². The van der Waals surface area contributed by atoms with E-state index in [4.69, 9.17) is 11.5 Å². The summed E-state index contributed by atoms with van der Waals surface area (Å²) in [6, 6.07) is 0. The van der Waals surface area contributed by atoms with Crippen molar-refractivity contribution in [3.63, 3.8) is 0 Å². The van der Waals surface area contributed by atoms with Crippen LogP contribution in [0, 0.1) is 0 Å². The summed E-state index contributed by atoms with van der Waals surface area (Å²) in [6.45, 7) is 3.55. The number of primary amides is 2. The van der Waals surface area contributed by atoms with Gasteiger partial charge in [-0.2, -0.15) is 0 Å². The van der Waals surface area contributed by atoms with E-state index in [0.717, 1.165) is 0 Å². The zero-order valence-electron chi connectivity index (χ0n) is 8.98. The molecule has 0 radical (unpaired) electrons. The molecule has 0 aliphatic carbocycles. The Morgan fingerprint density at radius 3 is 1.35 bits per heavy atom. The van der Waals surface area contributed by atoms with Crippen LogP contribution < -0.4 is 11.5 Å². The Morgan fingerprint density at radius 1 is 0.765 bits per heavy atom. The molecule has 0 fully saturated rings. The Balaban J connectivity index is 3.30. The van der Waals surface area contributed by atoms with E-state index in [1.165, 1.54) is 41.2 Å². The molecule has 100 valence electrons. The van der Waals surface area contributed by atoms with Crippen LogP contribution in [0.5, 0.6) is 0 Å². The number of hydrogen-bond donors (Lipinski definition) is 2. The molecule has 0 aliphatic rings. The number of amides is 2. The van der Waals surface area contributed by atoms with Crippen LogP contribution in [-0.4, -0.2) is 22.3 Å². The van der Waals surface area contributed by atoms with Crippen LogP contribution in [0.25, 0.3) is 0 Å². The van der Waals surface area contributed by atoms with E-state index >= 15 is 0 Å². The van der Waals surface area contributed by atoms with E-state index in [0.29, 0.717) is 0 Å². The molecule has 0 heterocycles. The average Bonchev–Trinajstić information content (AvgIpc) is 2.26. The standard InChI is InChI=1S/C6H12N2O2S7/c1-3(5(7)9)11-13-15-17-16-14-12-4(2)6(8)10/h3-4H,1-2H3,(H2,7,9)(H2,8,10). The third kappa shape index (κ3) is 11.0. The Hall–Kier alpha value is 1.39. The van der Waals surface area contributed by atoms with Crippen molar-refractivity contribution in [2.45, 2.75) is 24.3 Å². The lowest BCUT2D eigenvalue weighted by Crippen LogP contribution is -2.21. The highest BCUT2D eigenvalue weighted by molar-refractivity contribution is 9.46. The molecule has 0 aliphatic heterocycles. The molecule has 17 heavy (non-hydrogen) atoms. The highest BCUT2D eigenvalue weighted by Gasteiger charge is 2.11. The van der Waals surface area contributed by atoms with E-state index in [1.807, 2.05) is 0 Å². The lowest BCUT2D eigenvalue weighted by molar-refractivity contribution is -0.118. The molecule has 11 heteroatoms. The van der Waals surface area contributed by atoms with E-state index in [9.17, 15) is 9.59 Å². The molecule has 2 amide bonds. The highest BCUT2D eigenvalue weighted by atomic mass is 33.9. The van der Waals surface area contributed by atoms with Crippen LogP contribution in [-0.2, 0) is 9.59 Å². The van der Waals surface area contributed by atoms with Crippen molar-refractivity contribution in [1.82, 2.24) is 0 Å². The molecular formula is C6H12N2O2S7. The Bertz CT molecular complexity index is 231. The van der Waals surface area contributed by atoms with Gasteiger partial charge in [-0.1, -0.05) is 21.6 Å². The van der Waals surface area contributed by atoms with Gasteiger partial charge in [-0.05, 0) is 63.0 Å². The van der Waals surface area contributed by atoms with Gasteiger partial charge in [-0.15, -0.1) is 0 Å². The van der Waals surface area contributed by atoms with Crippen LogP contribution >= 0.6 is 70.7 Å². The van der Waals surface area contributed by atoms with Crippen LogP contribution in [0.3, 0.4) is 0 Å². The van der Waals surface area contributed by atoms with Gasteiger partial charge < -0.3 is 11.5 Å². The van der Waals surface area contributed by atoms with E-state index < -0.39 is 0 Å². The molecule has 2 atom stereocenters. The molecule has 0 saturated carbocycles. The predicted octanol–water partition coefficient (Wildman–Crippen LogP) is 3.36. The van der Waals surface area contributed by atoms with Gasteiger partial charge in [0.25, 0.3) is 0 Å². The summed E-state index contributed by atoms with van der Waals surface area (Å²) < 4.78 is 0. The SMILES string of the molecule is CC(SSSSSSSC(C)C(N)=O)C(N)=O. The van der Waals surface area contributed by atoms with Crippen molar-refractivity contribution in [2.24, 2.45) is 11.5 Å². The van der Waals surface area contributed by atoms with Crippen LogP contribution in [0.15, 0.2) is 0 Å². The normalized spacial score (nSPS) is 14.2. The number of hydrogen-bond acceptors (Lipinski definition) is 9. The maximum Gasteiger partial charge on any atom is 0.231 e. The molecule has 4 nitrogen and oxygen atoms in total. The lowest BCUT2D eigenvalue weighted by atomic mass is 10.5. The number of carbonyl (C=O) groups is 2. The van der Waals surface area contributed by atoms with Crippen LogP contribution in [0.4, 0.5) is 0 Å². The van der Waals surface area contributed by atoms with E-state index in [-0.39, 0.29) is 22.3 Å². The topological polar surface area (TPSA) is 86.2 Å². The fourth-order valence-corrected chi connectivity index (χ4v) is 14.9.